The fourth-order valence-electron chi connectivity index (χ4n) is 2.28. The van der Waals surface area contributed by atoms with Gasteiger partial charge < -0.3 is 4.74 Å². The Morgan fingerprint density at radius 2 is 2.20 bits per heavy atom. The van der Waals surface area contributed by atoms with Crippen molar-refractivity contribution >= 4 is 5.78 Å². The minimum absolute atomic E-state index is 0.0325. The van der Waals surface area contributed by atoms with Gasteiger partial charge in [0.2, 0.25) is 5.82 Å². The van der Waals surface area contributed by atoms with Crippen LogP contribution in [-0.2, 0) is 16.1 Å². The van der Waals surface area contributed by atoms with Crippen molar-refractivity contribution in [3.8, 4) is 11.4 Å². The Bertz CT molecular complexity index is 576. The molecule has 0 saturated carbocycles. The molecular weight excluding hydrogens is 256 g/mol. The first-order valence-corrected chi connectivity index (χ1v) is 6.76. The molecule has 104 valence electrons. The van der Waals surface area contributed by atoms with E-state index < -0.39 is 0 Å². The average Bonchev–Trinajstić information content (AvgIpc) is 2.97. The van der Waals surface area contributed by atoms with E-state index in [1.165, 1.54) is 4.80 Å². The molecule has 1 aromatic carbocycles. The van der Waals surface area contributed by atoms with E-state index in [0.717, 1.165) is 25.0 Å². The Hall–Kier alpha value is -2.08. The van der Waals surface area contributed by atoms with Gasteiger partial charge in [0.25, 0.3) is 0 Å². The number of tetrazole rings is 1. The number of nitrogens with zero attached hydrogens (tertiary/aromatic N) is 4. The van der Waals surface area contributed by atoms with Crippen molar-refractivity contribution in [1.82, 2.24) is 20.2 Å². The molecule has 2 heterocycles. The van der Waals surface area contributed by atoms with Gasteiger partial charge in [0, 0.05) is 18.1 Å². The van der Waals surface area contributed by atoms with Crippen molar-refractivity contribution in [1.29, 1.82) is 0 Å². The van der Waals surface area contributed by atoms with Gasteiger partial charge in [-0.1, -0.05) is 30.3 Å². The normalized spacial score (nSPS) is 18.9. The zero-order chi connectivity index (χ0) is 13.8. The van der Waals surface area contributed by atoms with E-state index >= 15 is 0 Å². The molecule has 1 unspecified atom stereocenters. The third kappa shape index (κ3) is 2.91. The van der Waals surface area contributed by atoms with Gasteiger partial charge in [-0.05, 0) is 18.1 Å². The molecule has 6 nitrogen and oxygen atoms in total. The topological polar surface area (TPSA) is 69.9 Å². The van der Waals surface area contributed by atoms with E-state index in [1.54, 1.807) is 0 Å². The van der Waals surface area contributed by atoms with Crippen LogP contribution in [-0.4, -0.2) is 39.2 Å². The number of ketones is 1. The van der Waals surface area contributed by atoms with Crippen molar-refractivity contribution < 1.29 is 9.53 Å². The third-order valence-corrected chi connectivity index (χ3v) is 3.40. The van der Waals surface area contributed by atoms with Crippen LogP contribution in [0.25, 0.3) is 11.4 Å². The van der Waals surface area contributed by atoms with E-state index in [4.69, 9.17) is 4.74 Å². The van der Waals surface area contributed by atoms with Crippen LogP contribution in [0.1, 0.15) is 12.8 Å². The number of ether oxygens (including phenoxy) is 1. The van der Waals surface area contributed by atoms with Crippen LogP contribution in [0.15, 0.2) is 30.3 Å². The maximum absolute atomic E-state index is 12.1. The molecule has 1 aliphatic rings. The van der Waals surface area contributed by atoms with Crippen molar-refractivity contribution in [3.63, 3.8) is 0 Å². The predicted molar refractivity (Wildman–Crippen MR) is 71.8 cm³/mol. The SMILES string of the molecule is O=C(Cn1nnc(-c2ccccc2)n1)C1CCCOC1. The number of carbonyl (C=O) groups is 1. The van der Waals surface area contributed by atoms with Crippen LogP contribution in [0.2, 0.25) is 0 Å². The minimum Gasteiger partial charge on any atom is -0.381 e. The zero-order valence-corrected chi connectivity index (χ0v) is 11.1. The van der Waals surface area contributed by atoms with Gasteiger partial charge >= 0.3 is 0 Å². The first-order chi connectivity index (χ1) is 9.83. The molecule has 0 radical (unpaired) electrons. The molecule has 1 fully saturated rings. The molecular formula is C14H16N4O2. The summed E-state index contributed by atoms with van der Waals surface area (Å²) in [5.74, 6) is 0.620. The lowest BCUT2D eigenvalue weighted by molar-refractivity contribution is -0.127. The lowest BCUT2D eigenvalue weighted by atomic mass is 9.97. The summed E-state index contributed by atoms with van der Waals surface area (Å²) in [6.07, 6.45) is 1.83. The zero-order valence-electron chi connectivity index (χ0n) is 11.1. The highest BCUT2D eigenvalue weighted by atomic mass is 16.5. The lowest BCUT2D eigenvalue weighted by Gasteiger charge is -2.20. The fourth-order valence-corrected chi connectivity index (χ4v) is 2.28. The van der Waals surface area contributed by atoms with Crippen molar-refractivity contribution in [2.75, 3.05) is 13.2 Å². The van der Waals surface area contributed by atoms with E-state index in [2.05, 4.69) is 15.4 Å². The second-order valence-electron chi connectivity index (χ2n) is 4.89. The maximum Gasteiger partial charge on any atom is 0.204 e. The van der Waals surface area contributed by atoms with Crippen LogP contribution in [0.5, 0.6) is 0 Å². The molecule has 2 aromatic rings. The predicted octanol–water partition coefficient (Wildman–Crippen LogP) is 1.34. The molecule has 6 heteroatoms. The largest absolute Gasteiger partial charge is 0.381 e. The van der Waals surface area contributed by atoms with Crippen LogP contribution < -0.4 is 0 Å². The second-order valence-corrected chi connectivity index (χ2v) is 4.89. The van der Waals surface area contributed by atoms with Crippen molar-refractivity contribution in [3.05, 3.63) is 30.3 Å². The lowest BCUT2D eigenvalue weighted by Crippen LogP contribution is -2.28. The van der Waals surface area contributed by atoms with E-state index in [-0.39, 0.29) is 18.2 Å². The number of hydrogen-bond donors (Lipinski definition) is 0. The molecule has 1 aliphatic heterocycles. The molecule has 0 aliphatic carbocycles. The number of rotatable bonds is 4. The summed E-state index contributed by atoms with van der Waals surface area (Å²) in [6.45, 7) is 1.43. The number of aromatic nitrogens is 4. The highest BCUT2D eigenvalue weighted by Gasteiger charge is 2.22. The Morgan fingerprint density at radius 3 is 2.95 bits per heavy atom. The minimum atomic E-state index is -0.0325. The number of benzene rings is 1. The van der Waals surface area contributed by atoms with Gasteiger partial charge in [0.1, 0.15) is 6.54 Å². The van der Waals surface area contributed by atoms with E-state index in [0.29, 0.717) is 12.4 Å². The summed E-state index contributed by atoms with van der Waals surface area (Å²) in [6, 6.07) is 9.60. The Balaban J connectivity index is 1.66. The van der Waals surface area contributed by atoms with Crippen LogP contribution in [0.4, 0.5) is 0 Å². The summed E-state index contributed by atoms with van der Waals surface area (Å²) >= 11 is 0. The van der Waals surface area contributed by atoms with Gasteiger partial charge in [-0.2, -0.15) is 4.80 Å². The van der Waals surface area contributed by atoms with Crippen LogP contribution >= 0.6 is 0 Å². The average molecular weight is 272 g/mol. The molecule has 1 atom stereocenters. The Kier molecular flexibility index (Phi) is 3.83. The second kappa shape index (κ2) is 5.92. The summed E-state index contributed by atoms with van der Waals surface area (Å²) in [4.78, 5) is 13.5. The van der Waals surface area contributed by atoms with Gasteiger partial charge in [0.15, 0.2) is 5.78 Å². The molecule has 1 aromatic heterocycles. The first-order valence-electron chi connectivity index (χ1n) is 6.76. The molecule has 0 bridgehead atoms. The van der Waals surface area contributed by atoms with Gasteiger partial charge in [-0.3, -0.25) is 4.79 Å². The van der Waals surface area contributed by atoms with Crippen molar-refractivity contribution in [2.24, 2.45) is 5.92 Å². The van der Waals surface area contributed by atoms with Crippen LogP contribution in [0, 0.1) is 5.92 Å². The van der Waals surface area contributed by atoms with Gasteiger partial charge in [-0.15, -0.1) is 10.2 Å². The number of hydrogen-bond acceptors (Lipinski definition) is 5. The van der Waals surface area contributed by atoms with E-state index in [9.17, 15) is 4.79 Å². The van der Waals surface area contributed by atoms with E-state index in [1.807, 2.05) is 30.3 Å². The molecule has 0 spiro atoms. The standard InChI is InChI=1S/C14H16N4O2/c19-13(12-7-4-8-20-10-12)9-18-16-14(15-17-18)11-5-2-1-3-6-11/h1-3,5-6,12H,4,7-10H2. The molecule has 3 rings (SSSR count). The number of Topliss-reactive ketones (excluding diaryl/α,β-unsaturated/α-hetero) is 1. The summed E-state index contributed by atoms with van der Waals surface area (Å²) in [5.41, 5.74) is 0.896. The Labute approximate surface area is 116 Å². The maximum atomic E-state index is 12.1. The van der Waals surface area contributed by atoms with Gasteiger partial charge in [-0.25, -0.2) is 0 Å². The smallest absolute Gasteiger partial charge is 0.204 e. The van der Waals surface area contributed by atoms with Crippen molar-refractivity contribution in [2.45, 2.75) is 19.4 Å². The first kappa shape index (κ1) is 12.9. The summed E-state index contributed by atoms with van der Waals surface area (Å²) in [7, 11) is 0. The molecule has 1 saturated heterocycles. The quantitative estimate of drug-likeness (QED) is 0.840. The molecule has 0 N–H and O–H groups in total. The fraction of sp³-hybridized carbons (Fsp3) is 0.429. The van der Waals surface area contributed by atoms with Gasteiger partial charge in [0.05, 0.1) is 6.61 Å². The number of carbonyl (C=O) groups excluding carboxylic acids is 1. The summed E-state index contributed by atoms with van der Waals surface area (Å²) in [5, 5.41) is 12.2. The highest BCUT2D eigenvalue weighted by Crippen LogP contribution is 2.16. The monoisotopic (exact) mass is 272 g/mol. The highest BCUT2D eigenvalue weighted by molar-refractivity contribution is 5.80. The van der Waals surface area contributed by atoms with Crippen LogP contribution in [0.3, 0.4) is 0 Å². The third-order valence-electron chi connectivity index (χ3n) is 3.40. The molecule has 0 amide bonds. The summed E-state index contributed by atoms with van der Waals surface area (Å²) < 4.78 is 5.33. The molecule has 20 heavy (non-hydrogen) atoms. The Morgan fingerprint density at radius 1 is 1.35 bits per heavy atom.